The number of hydrogen-bond donors (Lipinski definition) is 3. The van der Waals surface area contributed by atoms with Crippen molar-refractivity contribution in [3.63, 3.8) is 0 Å². The predicted molar refractivity (Wildman–Crippen MR) is 69.0 cm³/mol. The third-order valence-corrected chi connectivity index (χ3v) is 3.35. The van der Waals surface area contributed by atoms with Crippen molar-refractivity contribution in [3.05, 3.63) is 35.4 Å². The summed E-state index contributed by atoms with van der Waals surface area (Å²) >= 11 is 0. The molecule has 1 aromatic rings. The van der Waals surface area contributed by atoms with Crippen molar-refractivity contribution in [2.75, 3.05) is 20.3 Å². The number of benzene rings is 1. The zero-order valence-electron chi connectivity index (χ0n) is 10.4. The van der Waals surface area contributed by atoms with E-state index in [0.717, 1.165) is 0 Å². The summed E-state index contributed by atoms with van der Waals surface area (Å²) in [4.78, 5) is 10.8. The molecular weight excluding hydrogens is 272 g/mol. The largest absolute Gasteiger partial charge is 0.478 e. The fraction of sp³-hybridized carbons (Fsp3) is 0.364. The van der Waals surface area contributed by atoms with Crippen LogP contribution in [0.2, 0.25) is 0 Å². The Bertz CT molecular complexity index is 530. The minimum Gasteiger partial charge on any atom is -0.478 e. The Labute approximate surface area is 111 Å². The molecule has 1 aromatic carbocycles. The highest BCUT2D eigenvalue weighted by molar-refractivity contribution is 7.87. The summed E-state index contributed by atoms with van der Waals surface area (Å²) in [5.41, 5.74) is 0.682. The normalized spacial score (nSPS) is 11.4. The van der Waals surface area contributed by atoms with Crippen molar-refractivity contribution in [3.8, 4) is 0 Å². The van der Waals surface area contributed by atoms with Crippen LogP contribution in [0, 0.1) is 0 Å². The van der Waals surface area contributed by atoms with Gasteiger partial charge in [-0.15, -0.1) is 0 Å². The van der Waals surface area contributed by atoms with Crippen LogP contribution < -0.4 is 9.44 Å². The second-order valence-corrected chi connectivity index (χ2v) is 5.30. The van der Waals surface area contributed by atoms with E-state index in [4.69, 9.17) is 9.84 Å². The Morgan fingerprint density at radius 2 is 2.11 bits per heavy atom. The van der Waals surface area contributed by atoms with Crippen molar-refractivity contribution < 1.29 is 23.1 Å². The monoisotopic (exact) mass is 288 g/mol. The Morgan fingerprint density at radius 3 is 2.74 bits per heavy atom. The molecule has 0 atom stereocenters. The van der Waals surface area contributed by atoms with Crippen LogP contribution in [0.3, 0.4) is 0 Å². The van der Waals surface area contributed by atoms with Crippen LogP contribution in [0.4, 0.5) is 0 Å². The number of ether oxygens (including phenoxy) is 1. The van der Waals surface area contributed by atoms with Gasteiger partial charge in [0.05, 0.1) is 12.2 Å². The van der Waals surface area contributed by atoms with Crippen LogP contribution in [-0.2, 0) is 21.5 Å². The lowest BCUT2D eigenvalue weighted by Crippen LogP contribution is -2.37. The fourth-order valence-corrected chi connectivity index (χ4v) is 2.13. The van der Waals surface area contributed by atoms with Crippen molar-refractivity contribution in [1.29, 1.82) is 0 Å². The van der Waals surface area contributed by atoms with Gasteiger partial charge in [0.15, 0.2) is 0 Å². The molecule has 0 bridgehead atoms. The van der Waals surface area contributed by atoms with E-state index in [0.29, 0.717) is 5.56 Å². The van der Waals surface area contributed by atoms with Crippen LogP contribution in [0.5, 0.6) is 0 Å². The van der Waals surface area contributed by atoms with Crippen molar-refractivity contribution in [1.82, 2.24) is 9.44 Å². The highest BCUT2D eigenvalue weighted by Crippen LogP contribution is 2.05. The molecule has 0 aliphatic rings. The average molecular weight is 288 g/mol. The quantitative estimate of drug-likeness (QED) is 0.582. The molecular formula is C11H16N2O5S. The molecule has 0 unspecified atom stereocenters. The molecule has 19 heavy (non-hydrogen) atoms. The number of hydrogen-bond acceptors (Lipinski definition) is 4. The summed E-state index contributed by atoms with van der Waals surface area (Å²) in [6.45, 7) is 0.458. The van der Waals surface area contributed by atoms with Crippen molar-refractivity contribution in [2.45, 2.75) is 6.54 Å². The van der Waals surface area contributed by atoms with E-state index in [2.05, 4.69) is 9.44 Å². The van der Waals surface area contributed by atoms with E-state index in [9.17, 15) is 13.2 Å². The molecule has 0 aromatic heterocycles. The van der Waals surface area contributed by atoms with Gasteiger partial charge in [-0.1, -0.05) is 12.1 Å². The first-order valence-electron chi connectivity index (χ1n) is 5.50. The van der Waals surface area contributed by atoms with Crippen LogP contribution in [0.15, 0.2) is 24.3 Å². The molecule has 3 N–H and O–H groups in total. The molecule has 0 radical (unpaired) electrons. The summed E-state index contributed by atoms with van der Waals surface area (Å²) in [6.07, 6.45) is 0. The molecule has 0 spiro atoms. The second-order valence-electron chi connectivity index (χ2n) is 3.72. The van der Waals surface area contributed by atoms with E-state index in [1.807, 2.05) is 0 Å². The van der Waals surface area contributed by atoms with Gasteiger partial charge in [0.25, 0.3) is 10.2 Å². The number of carbonyl (C=O) groups is 1. The van der Waals surface area contributed by atoms with Crippen LogP contribution in [0.1, 0.15) is 15.9 Å². The maximum atomic E-state index is 11.5. The lowest BCUT2D eigenvalue weighted by Gasteiger charge is -2.08. The standard InChI is InChI=1S/C11H16N2O5S/c1-18-6-5-12-19(16,17)13-8-9-3-2-4-10(7-9)11(14)15/h2-4,7,12-13H,5-6,8H2,1H3,(H,14,15). The number of rotatable bonds is 8. The minimum absolute atomic E-state index is 0.0173. The Morgan fingerprint density at radius 1 is 1.37 bits per heavy atom. The van der Waals surface area contributed by atoms with Gasteiger partial charge in [-0.25, -0.2) is 4.79 Å². The maximum Gasteiger partial charge on any atom is 0.335 e. The Kier molecular flexibility index (Phi) is 5.90. The number of methoxy groups -OCH3 is 1. The van der Waals surface area contributed by atoms with Crippen LogP contribution >= 0.6 is 0 Å². The molecule has 0 amide bonds. The third kappa shape index (κ3) is 5.79. The fourth-order valence-electron chi connectivity index (χ4n) is 1.32. The molecule has 1 rings (SSSR count). The highest BCUT2D eigenvalue weighted by atomic mass is 32.2. The number of aromatic carboxylic acids is 1. The number of nitrogens with one attached hydrogen (secondary N) is 2. The van der Waals surface area contributed by atoms with Gasteiger partial charge < -0.3 is 9.84 Å². The zero-order chi connectivity index (χ0) is 14.3. The number of carboxylic acids is 1. The van der Waals surface area contributed by atoms with Gasteiger partial charge >= 0.3 is 5.97 Å². The van der Waals surface area contributed by atoms with Crippen LogP contribution in [-0.4, -0.2) is 39.8 Å². The third-order valence-electron chi connectivity index (χ3n) is 2.24. The van der Waals surface area contributed by atoms with Crippen molar-refractivity contribution in [2.24, 2.45) is 0 Å². The molecule has 0 saturated heterocycles. The van der Waals surface area contributed by atoms with E-state index >= 15 is 0 Å². The molecule has 0 saturated carbocycles. The predicted octanol–water partition coefficient (Wildman–Crippen LogP) is -0.0448. The molecule has 0 fully saturated rings. The summed E-state index contributed by atoms with van der Waals surface area (Å²) in [5.74, 6) is -1.05. The Hall–Kier alpha value is -1.48. The first-order chi connectivity index (χ1) is 8.94. The first kappa shape index (κ1) is 15.6. The van der Waals surface area contributed by atoms with E-state index < -0.39 is 16.2 Å². The minimum atomic E-state index is -3.61. The Balaban J connectivity index is 2.56. The SMILES string of the molecule is COCCNS(=O)(=O)NCc1cccc(C(=O)O)c1. The van der Waals surface area contributed by atoms with Gasteiger partial charge in [0.2, 0.25) is 0 Å². The average Bonchev–Trinajstić information content (AvgIpc) is 2.37. The molecule has 106 valence electrons. The van der Waals surface area contributed by atoms with Gasteiger partial charge in [-0.05, 0) is 17.7 Å². The lowest BCUT2D eigenvalue weighted by molar-refractivity contribution is 0.0696. The zero-order valence-corrected chi connectivity index (χ0v) is 11.2. The van der Waals surface area contributed by atoms with Crippen molar-refractivity contribution >= 4 is 16.2 Å². The second kappa shape index (κ2) is 7.19. The maximum absolute atomic E-state index is 11.5. The lowest BCUT2D eigenvalue weighted by atomic mass is 10.1. The molecule has 0 aliphatic carbocycles. The van der Waals surface area contributed by atoms with Gasteiger partial charge in [0, 0.05) is 20.2 Å². The van der Waals surface area contributed by atoms with E-state index in [-0.39, 0.29) is 25.3 Å². The first-order valence-corrected chi connectivity index (χ1v) is 6.98. The summed E-state index contributed by atoms with van der Waals surface area (Å²) in [6, 6.07) is 6.06. The van der Waals surface area contributed by atoms with Gasteiger partial charge in [-0.3, -0.25) is 0 Å². The number of carboxylic acid groups (broad SMARTS) is 1. The molecule has 8 heteroatoms. The van der Waals surface area contributed by atoms with Crippen LogP contribution in [0.25, 0.3) is 0 Å². The highest BCUT2D eigenvalue weighted by Gasteiger charge is 2.09. The van der Waals surface area contributed by atoms with Gasteiger partial charge in [0.1, 0.15) is 0 Å². The van der Waals surface area contributed by atoms with Gasteiger partial charge in [-0.2, -0.15) is 17.9 Å². The smallest absolute Gasteiger partial charge is 0.335 e. The topological polar surface area (TPSA) is 105 Å². The molecule has 0 heterocycles. The molecule has 0 aliphatic heterocycles. The molecule has 7 nitrogen and oxygen atoms in total. The summed E-state index contributed by atoms with van der Waals surface area (Å²) in [5, 5.41) is 8.82. The summed E-state index contributed by atoms with van der Waals surface area (Å²) in [7, 11) is -2.14. The summed E-state index contributed by atoms with van der Waals surface area (Å²) < 4.78 is 32.3. The van der Waals surface area contributed by atoms with E-state index in [1.54, 1.807) is 12.1 Å². The van der Waals surface area contributed by atoms with E-state index in [1.165, 1.54) is 19.2 Å².